The predicted molar refractivity (Wildman–Crippen MR) is 47.9 cm³/mol. The van der Waals surface area contributed by atoms with E-state index < -0.39 is 0 Å². The van der Waals surface area contributed by atoms with Crippen LogP contribution in [-0.4, -0.2) is 15.8 Å². The minimum atomic E-state index is 0.384. The van der Waals surface area contributed by atoms with Gasteiger partial charge in [-0.05, 0) is 25.8 Å². The summed E-state index contributed by atoms with van der Waals surface area (Å²) < 4.78 is 1.99. The Morgan fingerprint density at radius 3 is 2.75 bits per heavy atom. The van der Waals surface area contributed by atoms with Crippen LogP contribution in [-0.2, 0) is 0 Å². The van der Waals surface area contributed by atoms with Gasteiger partial charge in [0.25, 0.3) is 0 Å². The molecule has 1 aromatic heterocycles. The molecule has 1 aromatic rings. The van der Waals surface area contributed by atoms with Gasteiger partial charge in [-0.3, -0.25) is 4.68 Å². The monoisotopic (exact) mass is 165 g/mol. The molecule has 0 aromatic carbocycles. The van der Waals surface area contributed by atoms with Gasteiger partial charge < -0.3 is 5.73 Å². The highest BCUT2D eigenvalue weighted by Crippen LogP contribution is 2.38. The van der Waals surface area contributed by atoms with E-state index in [1.165, 1.54) is 5.56 Å². The lowest BCUT2D eigenvalue weighted by molar-refractivity contribution is 0.532. The maximum atomic E-state index is 5.75. The average Bonchev–Trinajstić information content (AvgIpc) is 2.59. The molecule has 2 N–H and O–H groups in total. The van der Waals surface area contributed by atoms with Gasteiger partial charge in [0.2, 0.25) is 0 Å². The van der Waals surface area contributed by atoms with Crippen LogP contribution in [0.1, 0.15) is 37.8 Å². The van der Waals surface area contributed by atoms with Crippen LogP contribution in [0, 0.1) is 0 Å². The number of aromatic nitrogens is 2. The number of nitrogens with two attached hydrogens (primary N) is 1. The SMILES string of the molecule is CC(C)n1cc([C@H]2C[C@@H]2N)cn1. The van der Waals surface area contributed by atoms with Crippen molar-refractivity contribution in [2.24, 2.45) is 5.73 Å². The Balaban J connectivity index is 2.14. The van der Waals surface area contributed by atoms with Gasteiger partial charge in [0, 0.05) is 24.2 Å². The fourth-order valence-electron chi connectivity index (χ4n) is 1.42. The molecule has 1 saturated carbocycles. The Morgan fingerprint density at radius 1 is 1.67 bits per heavy atom. The topological polar surface area (TPSA) is 43.8 Å². The van der Waals surface area contributed by atoms with Gasteiger partial charge in [-0.2, -0.15) is 5.10 Å². The van der Waals surface area contributed by atoms with Crippen molar-refractivity contribution >= 4 is 0 Å². The van der Waals surface area contributed by atoms with E-state index >= 15 is 0 Å². The van der Waals surface area contributed by atoms with Crippen molar-refractivity contribution in [1.82, 2.24) is 9.78 Å². The molecule has 0 aliphatic heterocycles. The zero-order valence-electron chi connectivity index (χ0n) is 7.57. The van der Waals surface area contributed by atoms with Crippen LogP contribution in [0.2, 0.25) is 0 Å². The minimum absolute atomic E-state index is 0.384. The lowest BCUT2D eigenvalue weighted by atomic mass is 10.2. The molecule has 0 unspecified atom stereocenters. The fourth-order valence-corrected chi connectivity index (χ4v) is 1.42. The molecule has 1 fully saturated rings. The maximum absolute atomic E-state index is 5.75. The summed E-state index contributed by atoms with van der Waals surface area (Å²) in [5.41, 5.74) is 7.05. The summed E-state index contributed by atoms with van der Waals surface area (Å²) in [5.74, 6) is 0.581. The third-order valence-corrected chi connectivity index (χ3v) is 2.42. The molecule has 0 bridgehead atoms. The van der Waals surface area contributed by atoms with Crippen LogP contribution in [0.3, 0.4) is 0 Å². The Bertz CT molecular complexity index is 277. The van der Waals surface area contributed by atoms with Crippen LogP contribution < -0.4 is 5.73 Å². The van der Waals surface area contributed by atoms with Crippen LogP contribution in [0.4, 0.5) is 0 Å². The van der Waals surface area contributed by atoms with E-state index in [0.29, 0.717) is 18.0 Å². The van der Waals surface area contributed by atoms with E-state index in [2.05, 4.69) is 25.1 Å². The molecule has 1 heterocycles. The first-order chi connectivity index (χ1) is 5.68. The van der Waals surface area contributed by atoms with Crippen molar-refractivity contribution < 1.29 is 0 Å². The highest BCUT2D eigenvalue weighted by Gasteiger charge is 2.35. The summed E-state index contributed by atoms with van der Waals surface area (Å²) in [5, 5.41) is 4.27. The second kappa shape index (κ2) is 2.59. The van der Waals surface area contributed by atoms with Gasteiger partial charge in [0.15, 0.2) is 0 Å². The Hall–Kier alpha value is -0.830. The van der Waals surface area contributed by atoms with Gasteiger partial charge >= 0.3 is 0 Å². The molecule has 2 rings (SSSR count). The summed E-state index contributed by atoms with van der Waals surface area (Å²) in [4.78, 5) is 0. The number of rotatable bonds is 2. The lowest BCUT2D eigenvalue weighted by Crippen LogP contribution is -2.01. The van der Waals surface area contributed by atoms with Crippen molar-refractivity contribution in [3.63, 3.8) is 0 Å². The second-order valence-corrected chi connectivity index (χ2v) is 3.85. The minimum Gasteiger partial charge on any atom is -0.327 e. The number of nitrogens with zero attached hydrogens (tertiary/aromatic N) is 2. The molecule has 0 spiro atoms. The highest BCUT2D eigenvalue weighted by atomic mass is 15.3. The first-order valence-corrected chi connectivity index (χ1v) is 4.48. The third-order valence-electron chi connectivity index (χ3n) is 2.42. The van der Waals surface area contributed by atoms with E-state index in [0.717, 1.165) is 6.42 Å². The van der Waals surface area contributed by atoms with Gasteiger partial charge in [-0.1, -0.05) is 0 Å². The Morgan fingerprint density at radius 2 is 2.33 bits per heavy atom. The molecule has 0 amide bonds. The van der Waals surface area contributed by atoms with Gasteiger partial charge in [0.05, 0.1) is 6.20 Å². The van der Waals surface area contributed by atoms with E-state index in [1.807, 2.05) is 10.9 Å². The van der Waals surface area contributed by atoms with E-state index in [1.54, 1.807) is 0 Å². The van der Waals surface area contributed by atoms with Crippen molar-refractivity contribution in [1.29, 1.82) is 0 Å². The van der Waals surface area contributed by atoms with Crippen molar-refractivity contribution in [3.05, 3.63) is 18.0 Å². The predicted octanol–water partition coefficient (Wildman–Crippen LogP) is 1.28. The molecule has 0 saturated heterocycles. The molecule has 1 aliphatic carbocycles. The third kappa shape index (κ3) is 1.25. The van der Waals surface area contributed by atoms with Gasteiger partial charge in [0.1, 0.15) is 0 Å². The van der Waals surface area contributed by atoms with Crippen molar-refractivity contribution in [2.45, 2.75) is 38.3 Å². The van der Waals surface area contributed by atoms with E-state index in [4.69, 9.17) is 5.73 Å². The summed E-state index contributed by atoms with van der Waals surface area (Å²) in [6.45, 7) is 4.26. The quantitative estimate of drug-likeness (QED) is 0.717. The van der Waals surface area contributed by atoms with E-state index in [-0.39, 0.29) is 0 Å². The molecule has 66 valence electrons. The van der Waals surface area contributed by atoms with Crippen LogP contribution >= 0.6 is 0 Å². The second-order valence-electron chi connectivity index (χ2n) is 3.85. The first-order valence-electron chi connectivity index (χ1n) is 4.48. The zero-order valence-corrected chi connectivity index (χ0v) is 7.57. The molecular weight excluding hydrogens is 150 g/mol. The zero-order chi connectivity index (χ0) is 8.72. The molecule has 0 radical (unpaired) electrons. The smallest absolute Gasteiger partial charge is 0.0525 e. The Labute approximate surface area is 72.6 Å². The summed E-state index contributed by atoms with van der Waals surface area (Å²) >= 11 is 0. The molecular formula is C9H15N3. The normalized spacial score (nSPS) is 28.0. The van der Waals surface area contributed by atoms with E-state index in [9.17, 15) is 0 Å². The summed E-state index contributed by atoms with van der Waals surface area (Å²) in [6, 6.07) is 0.837. The summed E-state index contributed by atoms with van der Waals surface area (Å²) in [6.07, 6.45) is 5.18. The largest absolute Gasteiger partial charge is 0.327 e. The molecule has 2 atom stereocenters. The summed E-state index contributed by atoms with van der Waals surface area (Å²) in [7, 11) is 0. The van der Waals surface area contributed by atoms with Crippen molar-refractivity contribution in [3.8, 4) is 0 Å². The van der Waals surface area contributed by atoms with Crippen LogP contribution in [0.25, 0.3) is 0 Å². The highest BCUT2D eigenvalue weighted by molar-refractivity contribution is 5.22. The number of hydrogen-bond donors (Lipinski definition) is 1. The fraction of sp³-hybridized carbons (Fsp3) is 0.667. The molecule has 12 heavy (non-hydrogen) atoms. The average molecular weight is 165 g/mol. The van der Waals surface area contributed by atoms with Crippen LogP contribution in [0.15, 0.2) is 12.4 Å². The van der Waals surface area contributed by atoms with Crippen LogP contribution in [0.5, 0.6) is 0 Å². The molecule has 1 aliphatic rings. The standard InChI is InChI=1S/C9H15N3/c1-6(2)12-5-7(4-11-12)8-3-9(8)10/h4-6,8-9H,3,10H2,1-2H3/t8-,9+/m1/s1. The molecule has 3 heteroatoms. The maximum Gasteiger partial charge on any atom is 0.0525 e. The van der Waals surface area contributed by atoms with Crippen molar-refractivity contribution in [2.75, 3.05) is 0 Å². The Kier molecular flexibility index (Phi) is 1.68. The molecule has 3 nitrogen and oxygen atoms in total. The van der Waals surface area contributed by atoms with Gasteiger partial charge in [-0.15, -0.1) is 0 Å². The first kappa shape index (κ1) is 7.80. The van der Waals surface area contributed by atoms with Gasteiger partial charge in [-0.25, -0.2) is 0 Å². The lowest BCUT2D eigenvalue weighted by Gasteiger charge is -2.02. The number of hydrogen-bond acceptors (Lipinski definition) is 2.